The first-order valence-electron chi connectivity index (χ1n) is 6.29. The van der Waals surface area contributed by atoms with Gasteiger partial charge in [-0.3, -0.25) is 4.79 Å². The SMILES string of the molecule is Cc1ccc2n1CCN(C(=O)c1ccoc1Cl)C2C. The van der Waals surface area contributed by atoms with Crippen molar-refractivity contribution in [3.05, 3.63) is 46.6 Å². The summed E-state index contributed by atoms with van der Waals surface area (Å²) in [5.41, 5.74) is 2.83. The number of nitrogens with zero attached hydrogens (tertiary/aromatic N) is 2. The molecule has 0 spiro atoms. The van der Waals surface area contributed by atoms with Gasteiger partial charge < -0.3 is 13.9 Å². The Kier molecular flexibility index (Phi) is 2.90. The van der Waals surface area contributed by atoms with Gasteiger partial charge in [-0.05, 0) is 43.6 Å². The Bertz CT molecular complexity index is 629. The van der Waals surface area contributed by atoms with Crippen LogP contribution in [0.15, 0.2) is 28.9 Å². The lowest BCUT2D eigenvalue weighted by molar-refractivity contribution is 0.0642. The monoisotopic (exact) mass is 278 g/mol. The van der Waals surface area contributed by atoms with E-state index in [0.29, 0.717) is 12.1 Å². The van der Waals surface area contributed by atoms with Gasteiger partial charge in [-0.2, -0.15) is 0 Å². The van der Waals surface area contributed by atoms with Crippen LogP contribution in [0.4, 0.5) is 0 Å². The fourth-order valence-electron chi connectivity index (χ4n) is 2.70. The zero-order valence-electron chi connectivity index (χ0n) is 10.9. The van der Waals surface area contributed by atoms with Gasteiger partial charge in [-0.1, -0.05) is 0 Å². The van der Waals surface area contributed by atoms with Crippen molar-refractivity contribution in [1.82, 2.24) is 9.47 Å². The molecule has 0 fully saturated rings. The number of carbonyl (C=O) groups is 1. The molecule has 1 aliphatic heterocycles. The summed E-state index contributed by atoms with van der Waals surface area (Å²) in [6, 6.07) is 5.83. The fraction of sp³-hybridized carbons (Fsp3) is 0.357. The van der Waals surface area contributed by atoms with E-state index in [9.17, 15) is 4.79 Å². The molecule has 0 radical (unpaired) electrons. The smallest absolute Gasteiger partial charge is 0.259 e. The van der Waals surface area contributed by atoms with Gasteiger partial charge in [-0.25, -0.2) is 0 Å². The molecule has 100 valence electrons. The quantitative estimate of drug-likeness (QED) is 0.803. The predicted molar refractivity (Wildman–Crippen MR) is 72.3 cm³/mol. The van der Waals surface area contributed by atoms with Crippen LogP contribution in [0, 0.1) is 6.92 Å². The maximum Gasteiger partial charge on any atom is 0.259 e. The number of aromatic nitrogens is 1. The minimum absolute atomic E-state index is 0.0425. The maximum absolute atomic E-state index is 12.5. The summed E-state index contributed by atoms with van der Waals surface area (Å²) in [6.07, 6.45) is 1.44. The molecular formula is C14H15ClN2O2. The minimum Gasteiger partial charge on any atom is -0.452 e. The molecule has 5 heteroatoms. The topological polar surface area (TPSA) is 38.4 Å². The first-order chi connectivity index (χ1) is 9.09. The normalized spacial score (nSPS) is 18.5. The Labute approximate surface area is 116 Å². The zero-order valence-corrected chi connectivity index (χ0v) is 11.6. The molecule has 1 aliphatic rings. The average Bonchev–Trinajstić information content (AvgIpc) is 2.97. The second-order valence-electron chi connectivity index (χ2n) is 4.83. The Balaban J connectivity index is 1.92. The van der Waals surface area contributed by atoms with Gasteiger partial charge in [0, 0.05) is 24.5 Å². The van der Waals surface area contributed by atoms with Crippen molar-refractivity contribution < 1.29 is 9.21 Å². The first kappa shape index (κ1) is 12.4. The summed E-state index contributed by atoms with van der Waals surface area (Å²) in [5.74, 6) is -0.0728. The number of halogens is 1. The van der Waals surface area contributed by atoms with Crippen LogP contribution < -0.4 is 0 Å². The molecule has 3 rings (SSSR count). The Hall–Kier alpha value is -1.68. The molecule has 2 aromatic rings. The van der Waals surface area contributed by atoms with Crippen molar-refractivity contribution in [3.8, 4) is 0 Å². The van der Waals surface area contributed by atoms with Crippen molar-refractivity contribution in [2.75, 3.05) is 6.54 Å². The van der Waals surface area contributed by atoms with E-state index >= 15 is 0 Å². The second kappa shape index (κ2) is 4.46. The molecule has 0 saturated carbocycles. The van der Waals surface area contributed by atoms with E-state index in [0.717, 1.165) is 12.2 Å². The molecule has 0 bridgehead atoms. The third-order valence-corrected chi connectivity index (χ3v) is 4.09. The van der Waals surface area contributed by atoms with Crippen LogP contribution in [0.25, 0.3) is 0 Å². The molecule has 19 heavy (non-hydrogen) atoms. The van der Waals surface area contributed by atoms with Crippen molar-refractivity contribution >= 4 is 17.5 Å². The van der Waals surface area contributed by atoms with Gasteiger partial charge in [0.1, 0.15) is 0 Å². The van der Waals surface area contributed by atoms with Gasteiger partial charge in [0.25, 0.3) is 5.91 Å². The third-order valence-electron chi connectivity index (χ3n) is 3.80. The van der Waals surface area contributed by atoms with Crippen molar-refractivity contribution in [2.45, 2.75) is 26.4 Å². The highest BCUT2D eigenvalue weighted by Crippen LogP contribution is 2.30. The molecule has 1 atom stereocenters. The van der Waals surface area contributed by atoms with E-state index in [4.69, 9.17) is 16.0 Å². The lowest BCUT2D eigenvalue weighted by atomic mass is 10.1. The molecule has 4 nitrogen and oxygen atoms in total. The van der Waals surface area contributed by atoms with E-state index in [1.165, 1.54) is 12.0 Å². The number of carbonyl (C=O) groups excluding carboxylic acids is 1. The van der Waals surface area contributed by atoms with E-state index < -0.39 is 0 Å². The van der Waals surface area contributed by atoms with Gasteiger partial charge in [-0.15, -0.1) is 0 Å². The van der Waals surface area contributed by atoms with Crippen LogP contribution >= 0.6 is 11.6 Å². The summed E-state index contributed by atoms with van der Waals surface area (Å²) >= 11 is 5.89. The highest BCUT2D eigenvalue weighted by Gasteiger charge is 2.30. The third kappa shape index (κ3) is 1.87. The number of rotatable bonds is 1. The van der Waals surface area contributed by atoms with E-state index in [1.54, 1.807) is 6.07 Å². The lowest BCUT2D eigenvalue weighted by Gasteiger charge is -2.35. The molecule has 1 amide bonds. The number of fused-ring (bicyclic) bond motifs is 1. The highest BCUT2D eigenvalue weighted by molar-refractivity contribution is 6.32. The molecule has 3 heterocycles. The molecule has 0 aromatic carbocycles. The molecule has 2 aromatic heterocycles. The summed E-state index contributed by atoms with van der Waals surface area (Å²) in [4.78, 5) is 14.3. The summed E-state index contributed by atoms with van der Waals surface area (Å²) < 4.78 is 7.25. The van der Waals surface area contributed by atoms with Crippen molar-refractivity contribution in [2.24, 2.45) is 0 Å². The Morgan fingerprint density at radius 2 is 2.16 bits per heavy atom. The van der Waals surface area contributed by atoms with Crippen LogP contribution in [-0.2, 0) is 6.54 Å². The van der Waals surface area contributed by atoms with Crippen molar-refractivity contribution in [3.63, 3.8) is 0 Å². The molecule has 0 aliphatic carbocycles. The fourth-order valence-corrected chi connectivity index (χ4v) is 2.89. The maximum atomic E-state index is 12.5. The first-order valence-corrected chi connectivity index (χ1v) is 6.67. The Morgan fingerprint density at radius 3 is 2.84 bits per heavy atom. The zero-order chi connectivity index (χ0) is 13.6. The number of hydrogen-bond acceptors (Lipinski definition) is 2. The van der Waals surface area contributed by atoms with E-state index in [1.807, 2.05) is 11.8 Å². The average molecular weight is 279 g/mol. The highest BCUT2D eigenvalue weighted by atomic mass is 35.5. The number of furan rings is 1. The lowest BCUT2D eigenvalue weighted by Crippen LogP contribution is -2.41. The van der Waals surface area contributed by atoms with Gasteiger partial charge in [0.15, 0.2) is 0 Å². The molecule has 1 unspecified atom stereocenters. The van der Waals surface area contributed by atoms with Crippen LogP contribution in [0.2, 0.25) is 5.22 Å². The second-order valence-corrected chi connectivity index (χ2v) is 5.18. The van der Waals surface area contributed by atoms with E-state index in [-0.39, 0.29) is 17.2 Å². The van der Waals surface area contributed by atoms with E-state index in [2.05, 4.69) is 23.6 Å². The number of aryl methyl sites for hydroxylation is 1. The number of hydrogen-bond donors (Lipinski definition) is 0. The Morgan fingerprint density at radius 1 is 1.37 bits per heavy atom. The molecule has 0 saturated heterocycles. The summed E-state index contributed by atoms with van der Waals surface area (Å²) in [7, 11) is 0. The summed E-state index contributed by atoms with van der Waals surface area (Å²) in [5, 5.41) is 0.161. The number of amides is 1. The summed E-state index contributed by atoms with van der Waals surface area (Å²) in [6.45, 7) is 5.63. The van der Waals surface area contributed by atoms with Crippen LogP contribution in [0.1, 0.15) is 34.7 Å². The van der Waals surface area contributed by atoms with Crippen LogP contribution in [0.3, 0.4) is 0 Å². The standard InChI is InChI=1S/C14H15ClN2O2/c1-9-3-4-12-10(2)17(7-6-16(9)12)14(18)11-5-8-19-13(11)15/h3-5,8,10H,6-7H2,1-2H3. The minimum atomic E-state index is -0.0728. The van der Waals surface area contributed by atoms with Gasteiger partial charge in [0.05, 0.1) is 17.9 Å². The van der Waals surface area contributed by atoms with Gasteiger partial charge >= 0.3 is 0 Å². The van der Waals surface area contributed by atoms with Crippen LogP contribution in [0.5, 0.6) is 0 Å². The van der Waals surface area contributed by atoms with Gasteiger partial charge in [0.2, 0.25) is 5.22 Å². The molecule has 0 N–H and O–H groups in total. The van der Waals surface area contributed by atoms with Crippen molar-refractivity contribution in [1.29, 1.82) is 0 Å². The largest absolute Gasteiger partial charge is 0.452 e. The van der Waals surface area contributed by atoms with Crippen LogP contribution in [-0.4, -0.2) is 21.9 Å². The predicted octanol–water partition coefficient (Wildman–Crippen LogP) is 3.26. The molecular weight excluding hydrogens is 264 g/mol.